The Morgan fingerprint density at radius 3 is 2.83 bits per heavy atom. The Labute approximate surface area is 134 Å². The van der Waals surface area contributed by atoms with Crippen LogP contribution in [0.15, 0.2) is 40.7 Å². The number of carbonyl (C=O) groups is 1. The molecule has 2 N–H and O–H groups in total. The first-order valence-electron chi connectivity index (χ1n) is 7.84. The number of nitrogens with zero attached hydrogens (tertiary/aromatic N) is 2. The summed E-state index contributed by atoms with van der Waals surface area (Å²) in [5.74, 6) is 0.648. The van der Waals surface area contributed by atoms with Gasteiger partial charge in [-0.1, -0.05) is 17.7 Å². The topological polar surface area (TPSA) is 76.0 Å². The van der Waals surface area contributed by atoms with Crippen molar-refractivity contribution >= 4 is 22.8 Å². The van der Waals surface area contributed by atoms with Crippen molar-refractivity contribution in [2.45, 2.75) is 33.2 Å². The van der Waals surface area contributed by atoms with Crippen LogP contribution in [0.25, 0.3) is 10.9 Å². The highest BCUT2D eigenvalue weighted by Gasteiger charge is 2.23. The lowest BCUT2D eigenvalue weighted by Gasteiger charge is -2.13. The first-order valence-corrected chi connectivity index (χ1v) is 7.84. The SMILES string of the molecule is CCn1c(NNC(=O)/C=C(/C)C2CC2)nc2ccccc2c1=O. The summed E-state index contributed by atoms with van der Waals surface area (Å²) in [5.41, 5.74) is 6.92. The zero-order valence-electron chi connectivity index (χ0n) is 13.3. The van der Waals surface area contributed by atoms with Crippen LogP contribution < -0.4 is 16.4 Å². The van der Waals surface area contributed by atoms with E-state index in [9.17, 15) is 9.59 Å². The number of hydrazine groups is 1. The first-order chi connectivity index (χ1) is 11.1. The normalized spacial score (nSPS) is 14.8. The van der Waals surface area contributed by atoms with Gasteiger partial charge in [0.25, 0.3) is 11.5 Å². The van der Waals surface area contributed by atoms with E-state index in [0.29, 0.717) is 29.3 Å². The summed E-state index contributed by atoms with van der Waals surface area (Å²) >= 11 is 0. The number of amides is 1. The fourth-order valence-corrected chi connectivity index (χ4v) is 2.57. The van der Waals surface area contributed by atoms with E-state index in [2.05, 4.69) is 15.8 Å². The number of fused-ring (bicyclic) bond motifs is 1. The van der Waals surface area contributed by atoms with E-state index in [1.807, 2.05) is 26.0 Å². The van der Waals surface area contributed by atoms with Gasteiger partial charge in [0.05, 0.1) is 10.9 Å². The molecule has 120 valence electrons. The third-order valence-electron chi connectivity index (χ3n) is 4.06. The van der Waals surface area contributed by atoms with Crippen LogP contribution in [-0.4, -0.2) is 15.5 Å². The van der Waals surface area contributed by atoms with Gasteiger partial charge >= 0.3 is 0 Å². The van der Waals surface area contributed by atoms with E-state index in [0.717, 1.165) is 18.4 Å². The molecule has 23 heavy (non-hydrogen) atoms. The molecule has 1 amide bonds. The van der Waals surface area contributed by atoms with Crippen molar-refractivity contribution in [3.8, 4) is 0 Å². The number of hydrogen-bond donors (Lipinski definition) is 2. The molecular formula is C17H20N4O2. The number of hydrogen-bond acceptors (Lipinski definition) is 4. The Morgan fingerprint density at radius 1 is 1.39 bits per heavy atom. The second-order valence-electron chi connectivity index (χ2n) is 5.78. The maximum Gasteiger partial charge on any atom is 0.262 e. The molecule has 0 spiro atoms. The minimum Gasteiger partial charge on any atom is -0.277 e. The number of benzene rings is 1. The van der Waals surface area contributed by atoms with E-state index >= 15 is 0 Å². The van der Waals surface area contributed by atoms with Gasteiger partial charge in [-0.15, -0.1) is 0 Å². The molecule has 0 unspecified atom stereocenters. The highest BCUT2D eigenvalue weighted by Crippen LogP contribution is 2.35. The Bertz CT molecular complexity index is 834. The molecule has 1 aliphatic carbocycles. The van der Waals surface area contributed by atoms with Crippen LogP contribution in [0.1, 0.15) is 26.7 Å². The monoisotopic (exact) mass is 312 g/mol. The number of para-hydroxylation sites is 1. The summed E-state index contributed by atoms with van der Waals surface area (Å²) in [6, 6.07) is 7.17. The van der Waals surface area contributed by atoms with E-state index in [1.54, 1.807) is 18.2 Å². The molecule has 0 aliphatic heterocycles. The molecule has 3 rings (SSSR count). The number of aromatic nitrogens is 2. The van der Waals surface area contributed by atoms with E-state index in [1.165, 1.54) is 4.57 Å². The number of carbonyl (C=O) groups excluding carboxylic acids is 1. The van der Waals surface area contributed by atoms with Crippen LogP contribution in [0.5, 0.6) is 0 Å². The van der Waals surface area contributed by atoms with E-state index < -0.39 is 0 Å². The van der Waals surface area contributed by atoms with Crippen LogP contribution >= 0.6 is 0 Å². The van der Waals surface area contributed by atoms with Crippen molar-refractivity contribution in [2.24, 2.45) is 5.92 Å². The van der Waals surface area contributed by atoms with Crippen molar-refractivity contribution in [1.29, 1.82) is 0 Å². The van der Waals surface area contributed by atoms with Crippen LogP contribution in [0.3, 0.4) is 0 Å². The Hall–Kier alpha value is -2.63. The molecule has 1 fully saturated rings. The first kappa shape index (κ1) is 15.3. The van der Waals surface area contributed by atoms with Crippen LogP contribution in [-0.2, 0) is 11.3 Å². The maximum absolute atomic E-state index is 12.5. The lowest BCUT2D eigenvalue weighted by atomic mass is 10.2. The third kappa shape index (κ3) is 3.26. The summed E-state index contributed by atoms with van der Waals surface area (Å²) in [5, 5.41) is 0.565. The molecule has 1 saturated carbocycles. The van der Waals surface area contributed by atoms with Gasteiger partial charge in [0.15, 0.2) is 0 Å². The molecule has 6 heteroatoms. The molecule has 1 aromatic heterocycles. The van der Waals surface area contributed by atoms with Gasteiger partial charge in [0.1, 0.15) is 0 Å². The van der Waals surface area contributed by atoms with Crippen LogP contribution in [0.4, 0.5) is 5.95 Å². The second kappa shape index (κ2) is 6.24. The lowest BCUT2D eigenvalue weighted by Crippen LogP contribution is -2.33. The highest BCUT2D eigenvalue weighted by molar-refractivity contribution is 5.89. The molecule has 1 heterocycles. The molecule has 0 radical (unpaired) electrons. The fourth-order valence-electron chi connectivity index (χ4n) is 2.57. The van der Waals surface area contributed by atoms with Crippen LogP contribution in [0, 0.1) is 5.92 Å². The largest absolute Gasteiger partial charge is 0.277 e. The Morgan fingerprint density at radius 2 is 2.13 bits per heavy atom. The van der Waals surface area contributed by atoms with E-state index in [-0.39, 0.29) is 11.5 Å². The van der Waals surface area contributed by atoms with Crippen molar-refractivity contribution < 1.29 is 4.79 Å². The number of nitrogens with one attached hydrogen (secondary N) is 2. The Kier molecular flexibility index (Phi) is 4.14. The van der Waals surface area contributed by atoms with Crippen molar-refractivity contribution in [3.05, 3.63) is 46.3 Å². The summed E-state index contributed by atoms with van der Waals surface area (Å²) in [6.07, 6.45) is 3.91. The van der Waals surface area contributed by atoms with Gasteiger partial charge in [-0.3, -0.25) is 25.0 Å². The zero-order valence-corrected chi connectivity index (χ0v) is 13.3. The fraction of sp³-hybridized carbons (Fsp3) is 0.353. The average Bonchev–Trinajstić information content (AvgIpc) is 3.38. The number of allylic oxidation sites excluding steroid dienone is 1. The van der Waals surface area contributed by atoms with E-state index in [4.69, 9.17) is 0 Å². The molecule has 2 aromatic rings. The van der Waals surface area contributed by atoms with Gasteiger partial charge < -0.3 is 0 Å². The van der Waals surface area contributed by atoms with Crippen molar-refractivity contribution in [2.75, 3.05) is 5.43 Å². The van der Waals surface area contributed by atoms with Crippen LogP contribution in [0.2, 0.25) is 0 Å². The molecule has 1 aliphatic rings. The second-order valence-corrected chi connectivity index (χ2v) is 5.78. The minimum atomic E-state index is -0.237. The number of anilines is 1. The summed E-state index contributed by atoms with van der Waals surface area (Å²) in [6.45, 7) is 4.29. The quantitative estimate of drug-likeness (QED) is 0.655. The van der Waals surface area contributed by atoms with Gasteiger partial charge in [-0.05, 0) is 44.7 Å². The third-order valence-corrected chi connectivity index (χ3v) is 4.06. The molecule has 0 bridgehead atoms. The summed E-state index contributed by atoms with van der Waals surface area (Å²) < 4.78 is 1.50. The summed E-state index contributed by atoms with van der Waals surface area (Å²) in [4.78, 5) is 28.8. The molecule has 0 atom stereocenters. The molecule has 0 saturated heterocycles. The summed E-state index contributed by atoms with van der Waals surface area (Å²) in [7, 11) is 0. The zero-order chi connectivity index (χ0) is 16.4. The maximum atomic E-state index is 12.5. The number of rotatable bonds is 5. The Balaban J connectivity index is 1.83. The minimum absolute atomic E-state index is 0.125. The van der Waals surface area contributed by atoms with Gasteiger partial charge in [-0.2, -0.15) is 0 Å². The smallest absolute Gasteiger partial charge is 0.262 e. The van der Waals surface area contributed by atoms with Gasteiger partial charge in [0.2, 0.25) is 5.95 Å². The standard InChI is InChI=1S/C17H20N4O2/c1-3-21-16(23)13-6-4-5-7-14(13)18-17(21)20-19-15(22)10-11(2)12-8-9-12/h4-7,10,12H,3,8-9H2,1-2H3,(H,18,20)(H,19,22)/b11-10-. The molecular weight excluding hydrogens is 292 g/mol. The molecule has 1 aromatic carbocycles. The van der Waals surface area contributed by atoms with Crippen molar-refractivity contribution in [3.63, 3.8) is 0 Å². The predicted octanol–water partition coefficient (Wildman–Crippen LogP) is 2.22. The van der Waals surface area contributed by atoms with Gasteiger partial charge in [-0.25, -0.2) is 4.98 Å². The highest BCUT2D eigenvalue weighted by atomic mass is 16.2. The van der Waals surface area contributed by atoms with Gasteiger partial charge in [0, 0.05) is 12.6 Å². The van der Waals surface area contributed by atoms with Crippen molar-refractivity contribution in [1.82, 2.24) is 15.0 Å². The average molecular weight is 312 g/mol. The lowest BCUT2D eigenvalue weighted by molar-refractivity contribution is -0.116. The molecule has 6 nitrogen and oxygen atoms in total. The predicted molar refractivity (Wildman–Crippen MR) is 89.9 cm³/mol.